The minimum atomic E-state index is -0.127. The van der Waals surface area contributed by atoms with Crippen LogP contribution < -0.4 is 10.6 Å². The lowest BCUT2D eigenvalue weighted by Crippen LogP contribution is -2.44. The zero-order valence-corrected chi connectivity index (χ0v) is 11.6. The number of amides is 1. The van der Waals surface area contributed by atoms with Crippen molar-refractivity contribution in [3.63, 3.8) is 0 Å². The van der Waals surface area contributed by atoms with E-state index in [0.29, 0.717) is 0 Å². The molecule has 0 aliphatic carbocycles. The van der Waals surface area contributed by atoms with Crippen molar-refractivity contribution in [1.29, 1.82) is 0 Å². The van der Waals surface area contributed by atoms with Gasteiger partial charge >= 0.3 is 0 Å². The molecule has 0 saturated carbocycles. The first-order valence-electron chi connectivity index (χ1n) is 6.30. The van der Waals surface area contributed by atoms with Crippen molar-refractivity contribution in [1.82, 2.24) is 15.5 Å². The highest BCUT2D eigenvalue weighted by molar-refractivity contribution is 5.81. The molecule has 1 amide bonds. The molecular formula is C12H27N3O2. The van der Waals surface area contributed by atoms with Crippen LogP contribution in [0.3, 0.4) is 0 Å². The molecule has 0 aromatic heterocycles. The van der Waals surface area contributed by atoms with E-state index >= 15 is 0 Å². The Hall–Kier alpha value is -0.650. The second-order valence-electron chi connectivity index (χ2n) is 4.26. The first-order chi connectivity index (χ1) is 8.11. The Morgan fingerprint density at radius 3 is 2.65 bits per heavy atom. The number of methoxy groups -OCH3 is 1. The summed E-state index contributed by atoms with van der Waals surface area (Å²) in [6.45, 7) is 8.05. The minimum Gasteiger partial charge on any atom is -0.383 e. The molecule has 0 aliphatic heterocycles. The molecule has 0 aromatic carbocycles. The maximum Gasteiger partial charge on any atom is 0.236 e. The minimum absolute atomic E-state index is 0.0754. The summed E-state index contributed by atoms with van der Waals surface area (Å²) in [6, 6.07) is -0.127. The summed E-state index contributed by atoms with van der Waals surface area (Å²) in [7, 11) is 3.74. The summed E-state index contributed by atoms with van der Waals surface area (Å²) in [5.74, 6) is 0.0754. The highest BCUT2D eigenvalue weighted by Gasteiger charge is 2.10. The van der Waals surface area contributed by atoms with Gasteiger partial charge in [-0.3, -0.25) is 4.79 Å². The summed E-state index contributed by atoms with van der Waals surface area (Å²) >= 11 is 0. The van der Waals surface area contributed by atoms with Crippen molar-refractivity contribution in [2.45, 2.75) is 26.3 Å². The van der Waals surface area contributed by atoms with Crippen molar-refractivity contribution in [3.05, 3.63) is 0 Å². The Labute approximate surface area is 105 Å². The smallest absolute Gasteiger partial charge is 0.236 e. The number of carbonyl (C=O) groups excluding carboxylic acids is 1. The number of carbonyl (C=O) groups is 1. The number of hydrogen-bond donors (Lipinski definition) is 2. The molecule has 0 radical (unpaired) electrons. The van der Waals surface area contributed by atoms with E-state index in [0.717, 1.165) is 39.2 Å². The van der Waals surface area contributed by atoms with Crippen molar-refractivity contribution in [2.75, 3.05) is 46.9 Å². The fourth-order valence-electron chi connectivity index (χ4n) is 1.32. The van der Waals surface area contributed by atoms with Gasteiger partial charge in [0.2, 0.25) is 5.91 Å². The Morgan fingerprint density at radius 2 is 2.06 bits per heavy atom. The molecular weight excluding hydrogens is 218 g/mol. The van der Waals surface area contributed by atoms with E-state index in [-0.39, 0.29) is 11.9 Å². The number of hydrogen-bond acceptors (Lipinski definition) is 4. The van der Waals surface area contributed by atoms with Crippen LogP contribution in [-0.2, 0) is 9.53 Å². The van der Waals surface area contributed by atoms with Gasteiger partial charge < -0.3 is 20.3 Å². The van der Waals surface area contributed by atoms with E-state index in [4.69, 9.17) is 4.74 Å². The number of nitrogens with one attached hydrogen (secondary N) is 2. The molecule has 0 rings (SSSR count). The zero-order valence-electron chi connectivity index (χ0n) is 11.6. The average molecular weight is 245 g/mol. The lowest BCUT2D eigenvalue weighted by molar-refractivity contribution is -0.122. The highest BCUT2D eigenvalue weighted by Crippen LogP contribution is 1.85. The van der Waals surface area contributed by atoms with Gasteiger partial charge in [-0.2, -0.15) is 0 Å². The van der Waals surface area contributed by atoms with Crippen LogP contribution in [0.25, 0.3) is 0 Å². The van der Waals surface area contributed by atoms with Gasteiger partial charge in [0.05, 0.1) is 12.6 Å². The van der Waals surface area contributed by atoms with Gasteiger partial charge in [-0.1, -0.05) is 6.92 Å². The third-order valence-electron chi connectivity index (χ3n) is 2.56. The fourth-order valence-corrected chi connectivity index (χ4v) is 1.32. The van der Waals surface area contributed by atoms with E-state index in [9.17, 15) is 4.79 Å². The van der Waals surface area contributed by atoms with Crippen LogP contribution in [0.1, 0.15) is 20.3 Å². The van der Waals surface area contributed by atoms with E-state index in [2.05, 4.69) is 15.5 Å². The normalized spacial score (nSPS) is 12.8. The summed E-state index contributed by atoms with van der Waals surface area (Å²) in [5.41, 5.74) is 0. The molecule has 5 heteroatoms. The molecule has 0 saturated heterocycles. The predicted molar refractivity (Wildman–Crippen MR) is 70.1 cm³/mol. The summed E-state index contributed by atoms with van der Waals surface area (Å²) in [5, 5.41) is 6.07. The van der Waals surface area contributed by atoms with Gasteiger partial charge in [0, 0.05) is 33.3 Å². The Kier molecular flexibility index (Phi) is 10.1. The topological polar surface area (TPSA) is 53.6 Å². The van der Waals surface area contributed by atoms with Crippen LogP contribution in [0.5, 0.6) is 0 Å². The molecule has 5 nitrogen and oxygen atoms in total. The predicted octanol–water partition coefficient (Wildman–Crippen LogP) is 0.0689. The molecule has 1 atom stereocenters. The van der Waals surface area contributed by atoms with E-state index in [1.54, 1.807) is 7.11 Å². The van der Waals surface area contributed by atoms with Crippen LogP contribution in [-0.4, -0.2) is 63.8 Å². The van der Waals surface area contributed by atoms with Crippen molar-refractivity contribution in [2.24, 2.45) is 0 Å². The standard InChI is InChI=1S/C12H27N3O2/c1-5-6-14-12(16)11(2)13-7-8-15(3)9-10-17-4/h11,13H,5-10H2,1-4H3,(H,14,16). The first kappa shape index (κ1) is 16.4. The maximum absolute atomic E-state index is 11.5. The Morgan fingerprint density at radius 1 is 1.35 bits per heavy atom. The average Bonchev–Trinajstić information content (AvgIpc) is 2.33. The molecule has 0 fully saturated rings. The monoisotopic (exact) mass is 245 g/mol. The molecule has 0 aliphatic rings. The molecule has 1 unspecified atom stereocenters. The van der Waals surface area contributed by atoms with Gasteiger partial charge in [-0.15, -0.1) is 0 Å². The lowest BCUT2D eigenvalue weighted by atomic mass is 10.3. The third-order valence-corrected chi connectivity index (χ3v) is 2.56. The second kappa shape index (κ2) is 10.5. The molecule has 102 valence electrons. The molecule has 0 bridgehead atoms. The van der Waals surface area contributed by atoms with Gasteiger partial charge in [-0.05, 0) is 20.4 Å². The quantitative estimate of drug-likeness (QED) is 0.572. The highest BCUT2D eigenvalue weighted by atomic mass is 16.5. The second-order valence-corrected chi connectivity index (χ2v) is 4.26. The van der Waals surface area contributed by atoms with Crippen LogP contribution >= 0.6 is 0 Å². The number of likely N-dealkylation sites (N-methyl/N-ethyl adjacent to an activating group) is 1. The Bertz CT molecular complexity index is 200. The van der Waals surface area contributed by atoms with Crippen LogP contribution in [0.4, 0.5) is 0 Å². The number of ether oxygens (including phenoxy) is 1. The largest absolute Gasteiger partial charge is 0.383 e. The molecule has 0 aromatic rings. The van der Waals surface area contributed by atoms with Crippen molar-refractivity contribution < 1.29 is 9.53 Å². The van der Waals surface area contributed by atoms with Crippen LogP contribution in [0.15, 0.2) is 0 Å². The van der Waals surface area contributed by atoms with Crippen LogP contribution in [0.2, 0.25) is 0 Å². The molecule has 0 spiro atoms. The molecule has 17 heavy (non-hydrogen) atoms. The van der Waals surface area contributed by atoms with E-state index in [1.165, 1.54) is 0 Å². The first-order valence-corrected chi connectivity index (χ1v) is 6.30. The van der Waals surface area contributed by atoms with E-state index < -0.39 is 0 Å². The molecule has 2 N–H and O–H groups in total. The summed E-state index contributed by atoms with van der Waals surface area (Å²) in [6.07, 6.45) is 0.970. The SMILES string of the molecule is CCCNC(=O)C(C)NCCN(C)CCOC. The fraction of sp³-hybridized carbons (Fsp3) is 0.917. The third kappa shape index (κ3) is 9.09. The number of nitrogens with zero attached hydrogens (tertiary/aromatic N) is 1. The van der Waals surface area contributed by atoms with Gasteiger partial charge in [-0.25, -0.2) is 0 Å². The van der Waals surface area contributed by atoms with Gasteiger partial charge in [0.1, 0.15) is 0 Å². The van der Waals surface area contributed by atoms with Crippen molar-refractivity contribution in [3.8, 4) is 0 Å². The van der Waals surface area contributed by atoms with Crippen molar-refractivity contribution >= 4 is 5.91 Å². The number of rotatable bonds is 10. The van der Waals surface area contributed by atoms with E-state index in [1.807, 2.05) is 20.9 Å². The maximum atomic E-state index is 11.5. The van der Waals surface area contributed by atoms with Gasteiger partial charge in [0.15, 0.2) is 0 Å². The Balaban J connectivity index is 3.55. The summed E-state index contributed by atoms with van der Waals surface area (Å²) < 4.78 is 5.00. The zero-order chi connectivity index (χ0) is 13.1. The van der Waals surface area contributed by atoms with Crippen LogP contribution in [0, 0.1) is 0 Å². The van der Waals surface area contributed by atoms with Gasteiger partial charge in [0.25, 0.3) is 0 Å². The lowest BCUT2D eigenvalue weighted by Gasteiger charge is -2.18. The summed E-state index contributed by atoms with van der Waals surface area (Å²) in [4.78, 5) is 13.7. The molecule has 0 heterocycles.